The van der Waals surface area contributed by atoms with Crippen molar-refractivity contribution in [3.05, 3.63) is 29.4 Å². The molecule has 0 radical (unpaired) electrons. The van der Waals surface area contributed by atoms with E-state index in [4.69, 9.17) is 4.52 Å². The number of rotatable bonds is 4. The van der Waals surface area contributed by atoms with Gasteiger partial charge in [-0.3, -0.25) is 9.20 Å². The van der Waals surface area contributed by atoms with E-state index >= 15 is 0 Å². The summed E-state index contributed by atoms with van der Waals surface area (Å²) in [6.45, 7) is 5.55. The predicted molar refractivity (Wildman–Crippen MR) is 80.8 cm³/mol. The molecule has 0 aliphatic rings. The number of nitrogens with one attached hydrogen (secondary N) is 1. The van der Waals surface area contributed by atoms with E-state index in [-0.39, 0.29) is 11.7 Å². The fourth-order valence-electron chi connectivity index (χ4n) is 2.03. The lowest BCUT2D eigenvalue weighted by atomic mass is 10.4. The van der Waals surface area contributed by atoms with Crippen LogP contribution in [0.2, 0.25) is 0 Å². The Bertz CT molecular complexity index is 840. The van der Waals surface area contributed by atoms with Crippen LogP contribution in [-0.2, 0) is 4.79 Å². The smallest absolute Gasteiger partial charge is 0.236 e. The van der Waals surface area contributed by atoms with Crippen molar-refractivity contribution < 1.29 is 9.32 Å². The van der Waals surface area contributed by atoms with Gasteiger partial charge in [0.2, 0.25) is 5.91 Å². The molecule has 0 saturated heterocycles. The van der Waals surface area contributed by atoms with Gasteiger partial charge in [-0.05, 0) is 20.8 Å². The van der Waals surface area contributed by atoms with Crippen molar-refractivity contribution >= 4 is 29.1 Å². The maximum absolute atomic E-state index is 11.9. The summed E-state index contributed by atoms with van der Waals surface area (Å²) >= 11 is 1.29. The SMILES string of the molecule is Cc1cc2nnc(SCC(=O)Nc3cc(C)on3)n2c(C)n1. The Kier molecular flexibility index (Phi) is 3.80. The van der Waals surface area contributed by atoms with Crippen molar-refractivity contribution in [2.75, 3.05) is 11.1 Å². The number of nitrogens with zero attached hydrogens (tertiary/aromatic N) is 5. The summed E-state index contributed by atoms with van der Waals surface area (Å²) in [4.78, 5) is 16.3. The Morgan fingerprint density at radius 1 is 1.32 bits per heavy atom. The van der Waals surface area contributed by atoms with Crippen molar-refractivity contribution in [2.45, 2.75) is 25.9 Å². The van der Waals surface area contributed by atoms with Gasteiger partial charge in [0, 0.05) is 17.8 Å². The van der Waals surface area contributed by atoms with Crippen LogP contribution in [-0.4, -0.2) is 36.4 Å². The molecule has 0 saturated carbocycles. The number of hydrogen-bond acceptors (Lipinski definition) is 7. The van der Waals surface area contributed by atoms with E-state index < -0.39 is 0 Å². The first-order valence-corrected chi connectivity index (χ1v) is 7.57. The highest BCUT2D eigenvalue weighted by Gasteiger charge is 2.13. The lowest BCUT2D eigenvalue weighted by Gasteiger charge is -2.04. The number of thioether (sulfide) groups is 1. The molecule has 3 rings (SSSR count). The van der Waals surface area contributed by atoms with Gasteiger partial charge in [0.1, 0.15) is 11.6 Å². The third kappa shape index (κ3) is 2.93. The van der Waals surface area contributed by atoms with Gasteiger partial charge in [0.25, 0.3) is 0 Å². The highest BCUT2D eigenvalue weighted by molar-refractivity contribution is 7.99. The molecule has 9 heteroatoms. The molecule has 114 valence electrons. The second kappa shape index (κ2) is 5.76. The van der Waals surface area contributed by atoms with Crippen LogP contribution in [0.5, 0.6) is 0 Å². The monoisotopic (exact) mass is 318 g/mol. The minimum Gasteiger partial charge on any atom is -0.360 e. The Balaban J connectivity index is 1.70. The zero-order valence-corrected chi connectivity index (χ0v) is 13.1. The normalized spacial score (nSPS) is 11.0. The fraction of sp³-hybridized carbons (Fsp3) is 0.308. The third-order valence-corrected chi connectivity index (χ3v) is 3.81. The third-order valence-electron chi connectivity index (χ3n) is 2.89. The maximum Gasteiger partial charge on any atom is 0.236 e. The number of aryl methyl sites for hydroxylation is 3. The van der Waals surface area contributed by atoms with Gasteiger partial charge in [0.05, 0.1) is 5.75 Å². The average Bonchev–Trinajstić information content (AvgIpc) is 3.03. The Morgan fingerprint density at radius 2 is 2.14 bits per heavy atom. The van der Waals surface area contributed by atoms with Crippen LogP contribution >= 0.6 is 11.8 Å². The van der Waals surface area contributed by atoms with Crippen LogP contribution in [0.3, 0.4) is 0 Å². The molecule has 3 aromatic rings. The van der Waals surface area contributed by atoms with Gasteiger partial charge in [0.15, 0.2) is 16.6 Å². The number of anilines is 1. The lowest BCUT2D eigenvalue weighted by Crippen LogP contribution is -2.14. The standard InChI is InChI=1S/C13H14N6O2S/c1-7-4-11-16-17-13(19(11)9(3)14-7)22-6-12(20)15-10-5-8(2)21-18-10/h4-5H,6H2,1-3H3,(H,15,18,20). The average molecular weight is 318 g/mol. The molecule has 22 heavy (non-hydrogen) atoms. The molecule has 1 amide bonds. The number of aromatic nitrogens is 5. The summed E-state index contributed by atoms with van der Waals surface area (Å²) in [7, 11) is 0. The summed E-state index contributed by atoms with van der Waals surface area (Å²) in [5.74, 6) is 1.84. The van der Waals surface area contributed by atoms with Gasteiger partial charge in [-0.15, -0.1) is 10.2 Å². The molecule has 0 unspecified atom stereocenters. The van der Waals surface area contributed by atoms with Gasteiger partial charge in [-0.2, -0.15) is 0 Å². The molecular weight excluding hydrogens is 304 g/mol. The van der Waals surface area contributed by atoms with Crippen LogP contribution in [0.4, 0.5) is 5.82 Å². The first-order chi connectivity index (χ1) is 10.5. The molecule has 0 spiro atoms. The summed E-state index contributed by atoms with van der Waals surface area (Å²) in [5, 5.41) is 15.2. The molecule has 8 nitrogen and oxygen atoms in total. The molecule has 0 aromatic carbocycles. The fourth-order valence-corrected chi connectivity index (χ4v) is 2.82. The summed E-state index contributed by atoms with van der Waals surface area (Å²) in [6.07, 6.45) is 0. The van der Waals surface area contributed by atoms with E-state index in [1.54, 1.807) is 13.0 Å². The Labute approximate surface area is 130 Å². The number of carbonyl (C=O) groups is 1. The molecule has 3 heterocycles. The highest BCUT2D eigenvalue weighted by Crippen LogP contribution is 2.19. The first-order valence-electron chi connectivity index (χ1n) is 6.58. The van der Waals surface area contributed by atoms with Crippen molar-refractivity contribution in [1.29, 1.82) is 0 Å². The number of fused-ring (bicyclic) bond motifs is 1. The highest BCUT2D eigenvalue weighted by atomic mass is 32.2. The molecular formula is C13H14N6O2S. The van der Waals surface area contributed by atoms with Crippen molar-refractivity contribution in [1.82, 2.24) is 24.7 Å². The molecule has 0 fully saturated rings. The molecule has 0 atom stereocenters. The first kappa shape index (κ1) is 14.5. The zero-order valence-electron chi connectivity index (χ0n) is 12.3. The zero-order chi connectivity index (χ0) is 15.7. The Morgan fingerprint density at radius 3 is 2.86 bits per heavy atom. The van der Waals surface area contributed by atoms with Crippen LogP contribution < -0.4 is 5.32 Å². The minimum atomic E-state index is -0.187. The minimum absolute atomic E-state index is 0.187. The number of carbonyl (C=O) groups excluding carboxylic acids is 1. The second-order valence-corrected chi connectivity index (χ2v) is 5.72. The quantitative estimate of drug-likeness (QED) is 0.732. The summed E-state index contributed by atoms with van der Waals surface area (Å²) in [6, 6.07) is 3.51. The molecule has 0 bridgehead atoms. The van der Waals surface area contributed by atoms with Gasteiger partial charge >= 0.3 is 0 Å². The molecule has 0 aliphatic carbocycles. The van der Waals surface area contributed by atoms with Gasteiger partial charge in [-0.1, -0.05) is 16.9 Å². The number of amides is 1. The second-order valence-electron chi connectivity index (χ2n) is 4.78. The van der Waals surface area contributed by atoms with E-state index in [2.05, 4.69) is 25.7 Å². The van der Waals surface area contributed by atoms with Crippen LogP contribution in [0.15, 0.2) is 21.8 Å². The molecule has 1 N–H and O–H groups in total. The Hall–Kier alpha value is -2.42. The van der Waals surface area contributed by atoms with Crippen LogP contribution in [0.1, 0.15) is 17.3 Å². The summed E-state index contributed by atoms with van der Waals surface area (Å²) in [5.41, 5.74) is 1.60. The van der Waals surface area contributed by atoms with Gasteiger partial charge in [-0.25, -0.2) is 4.98 Å². The predicted octanol–water partition coefficient (Wildman–Crippen LogP) is 1.77. The lowest BCUT2D eigenvalue weighted by molar-refractivity contribution is -0.113. The van der Waals surface area contributed by atoms with Crippen molar-refractivity contribution in [3.63, 3.8) is 0 Å². The largest absolute Gasteiger partial charge is 0.360 e. The summed E-state index contributed by atoms with van der Waals surface area (Å²) < 4.78 is 6.72. The van der Waals surface area contributed by atoms with Gasteiger partial charge < -0.3 is 9.84 Å². The van der Waals surface area contributed by atoms with E-state index in [0.29, 0.717) is 16.7 Å². The van der Waals surface area contributed by atoms with E-state index in [0.717, 1.165) is 17.2 Å². The maximum atomic E-state index is 11.9. The number of hydrogen-bond donors (Lipinski definition) is 1. The molecule has 3 aromatic heterocycles. The van der Waals surface area contributed by atoms with E-state index in [9.17, 15) is 4.79 Å². The van der Waals surface area contributed by atoms with Crippen molar-refractivity contribution in [3.8, 4) is 0 Å². The van der Waals surface area contributed by atoms with Crippen molar-refractivity contribution in [2.24, 2.45) is 0 Å². The topological polar surface area (TPSA) is 98.2 Å². The van der Waals surface area contributed by atoms with Crippen LogP contribution in [0, 0.1) is 20.8 Å². The van der Waals surface area contributed by atoms with E-state index in [1.165, 1.54) is 11.8 Å². The van der Waals surface area contributed by atoms with Crippen LogP contribution in [0.25, 0.3) is 5.65 Å². The van der Waals surface area contributed by atoms with E-state index in [1.807, 2.05) is 24.3 Å². The molecule has 0 aliphatic heterocycles.